The van der Waals surface area contributed by atoms with Crippen molar-refractivity contribution in [2.75, 3.05) is 0 Å². The molecule has 0 saturated carbocycles. The van der Waals surface area contributed by atoms with Crippen molar-refractivity contribution in [3.05, 3.63) is 24.8 Å². The number of nitrogens with zero attached hydrogens (tertiary/aromatic N) is 2. The predicted molar refractivity (Wildman–Crippen MR) is 56.5 cm³/mol. The Bertz CT molecular complexity index is 250. The molecule has 0 aromatic carbocycles. The van der Waals surface area contributed by atoms with Crippen LogP contribution >= 0.6 is 0 Å². The zero-order chi connectivity index (χ0) is 9.52. The maximum absolute atomic E-state index is 4.28. The number of hydrogen-bond donors (Lipinski definition) is 0. The molecule has 0 saturated heterocycles. The Hall–Kier alpha value is -1.05. The lowest BCUT2D eigenvalue weighted by atomic mass is 10.1. The molecule has 1 rings (SSSR count). The van der Waals surface area contributed by atoms with Crippen molar-refractivity contribution in [1.29, 1.82) is 0 Å². The van der Waals surface area contributed by atoms with Crippen molar-refractivity contribution in [1.82, 2.24) is 9.55 Å². The second-order valence-corrected chi connectivity index (χ2v) is 3.24. The summed E-state index contributed by atoms with van der Waals surface area (Å²) in [5.41, 5.74) is 0. The Morgan fingerprint density at radius 2 is 2.31 bits per heavy atom. The maximum atomic E-state index is 4.28. The van der Waals surface area contributed by atoms with E-state index in [2.05, 4.69) is 18.5 Å². The smallest absolute Gasteiger partial charge is 0.112 e. The van der Waals surface area contributed by atoms with Crippen LogP contribution in [0.3, 0.4) is 0 Å². The molecule has 0 aliphatic heterocycles. The molecule has 0 amide bonds. The van der Waals surface area contributed by atoms with Gasteiger partial charge >= 0.3 is 0 Å². The first-order valence-corrected chi connectivity index (χ1v) is 5.02. The van der Waals surface area contributed by atoms with Gasteiger partial charge in [-0.3, -0.25) is 0 Å². The minimum Gasteiger partial charge on any atom is -0.311 e. The molecule has 0 atom stereocenters. The van der Waals surface area contributed by atoms with Crippen molar-refractivity contribution < 1.29 is 0 Å². The summed E-state index contributed by atoms with van der Waals surface area (Å²) in [6, 6.07) is 0. The minimum atomic E-state index is 1.07. The lowest BCUT2D eigenvalue weighted by Crippen LogP contribution is -1.95. The molecular formula is C11H18N2. The topological polar surface area (TPSA) is 17.8 Å². The first-order chi connectivity index (χ1) is 6.38. The van der Waals surface area contributed by atoms with E-state index in [1.54, 1.807) is 0 Å². The van der Waals surface area contributed by atoms with E-state index in [1.165, 1.54) is 25.7 Å². The van der Waals surface area contributed by atoms with Crippen molar-refractivity contribution in [3.8, 4) is 0 Å². The number of aromatic nitrogens is 2. The summed E-state index contributed by atoms with van der Waals surface area (Å²) in [6.07, 6.45) is 11.8. The van der Waals surface area contributed by atoms with E-state index in [0.717, 1.165) is 12.2 Å². The molecule has 1 heterocycles. The van der Waals surface area contributed by atoms with Crippen LogP contribution in [0.4, 0.5) is 0 Å². The Labute approximate surface area is 80.3 Å². The molecule has 2 nitrogen and oxygen atoms in total. The quantitative estimate of drug-likeness (QED) is 0.612. The van der Waals surface area contributed by atoms with Crippen LogP contribution in [0.1, 0.15) is 38.4 Å². The van der Waals surface area contributed by atoms with Crippen LogP contribution in [0, 0.1) is 0 Å². The molecule has 0 fully saturated rings. The number of imidazole rings is 1. The lowest BCUT2D eigenvalue weighted by molar-refractivity contribution is 0.650. The molecule has 2 heteroatoms. The van der Waals surface area contributed by atoms with E-state index in [0.29, 0.717) is 0 Å². The second kappa shape index (κ2) is 5.57. The first kappa shape index (κ1) is 10.0. The Balaban J connectivity index is 2.31. The third kappa shape index (κ3) is 3.05. The van der Waals surface area contributed by atoms with Crippen LogP contribution in [-0.4, -0.2) is 9.55 Å². The predicted octanol–water partition coefficient (Wildman–Crippen LogP) is 3.11. The monoisotopic (exact) mass is 178 g/mol. The summed E-state index contributed by atoms with van der Waals surface area (Å²) < 4.78 is 1.99. The largest absolute Gasteiger partial charge is 0.311 e. The molecule has 0 radical (unpaired) electrons. The number of hydrogen-bond acceptors (Lipinski definition) is 1. The van der Waals surface area contributed by atoms with Crippen molar-refractivity contribution >= 4 is 6.20 Å². The molecule has 1 aromatic heterocycles. The molecule has 0 unspecified atom stereocenters. The average Bonchev–Trinajstić information content (AvgIpc) is 2.60. The summed E-state index contributed by atoms with van der Waals surface area (Å²) in [7, 11) is 0. The van der Waals surface area contributed by atoms with E-state index in [9.17, 15) is 0 Å². The fourth-order valence-corrected chi connectivity index (χ4v) is 1.41. The van der Waals surface area contributed by atoms with E-state index < -0.39 is 0 Å². The highest BCUT2D eigenvalue weighted by Crippen LogP contribution is 2.06. The van der Waals surface area contributed by atoms with Crippen LogP contribution in [0.5, 0.6) is 0 Å². The first-order valence-electron chi connectivity index (χ1n) is 5.02. The average molecular weight is 178 g/mol. The fraction of sp³-hybridized carbons (Fsp3) is 0.545. The van der Waals surface area contributed by atoms with E-state index in [-0.39, 0.29) is 0 Å². The Morgan fingerprint density at radius 3 is 3.00 bits per heavy atom. The highest BCUT2D eigenvalue weighted by Gasteiger charge is 1.98. The van der Waals surface area contributed by atoms with Gasteiger partial charge in [-0.15, -0.1) is 0 Å². The highest BCUT2D eigenvalue weighted by molar-refractivity contribution is 5.19. The molecule has 0 N–H and O–H groups in total. The van der Waals surface area contributed by atoms with Gasteiger partial charge in [0.1, 0.15) is 5.82 Å². The van der Waals surface area contributed by atoms with Gasteiger partial charge in [0.05, 0.1) is 0 Å². The van der Waals surface area contributed by atoms with E-state index >= 15 is 0 Å². The summed E-state index contributed by atoms with van der Waals surface area (Å²) in [4.78, 5) is 4.28. The maximum Gasteiger partial charge on any atom is 0.112 e. The SMILES string of the molecule is C=Cn1ccnc1CCCCCC. The number of aryl methyl sites for hydroxylation is 1. The molecule has 13 heavy (non-hydrogen) atoms. The molecule has 0 aliphatic carbocycles. The van der Waals surface area contributed by atoms with Gasteiger partial charge in [0, 0.05) is 25.0 Å². The Kier molecular flexibility index (Phi) is 4.30. The van der Waals surface area contributed by atoms with Crippen molar-refractivity contribution in [2.45, 2.75) is 39.0 Å². The lowest BCUT2D eigenvalue weighted by Gasteiger charge is -2.01. The third-order valence-electron chi connectivity index (χ3n) is 2.20. The van der Waals surface area contributed by atoms with Gasteiger partial charge < -0.3 is 4.57 Å². The van der Waals surface area contributed by atoms with E-state index in [1.807, 2.05) is 23.2 Å². The van der Waals surface area contributed by atoms with Gasteiger partial charge in [-0.2, -0.15) is 0 Å². The zero-order valence-electron chi connectivity index (χ0n) is 8.37. The van der Waals surface area contributed by atoms with Gasteiger partial charge in [-0.25, -0.2) is 4.98 Å². The molecule has 0 aliphatic rings. The van der Waals surface area contributed by atoms with Crippen molar-refractivity contribution in [3.63, 3.8) is 0 Å². The minimum absolute atomic E-state index is 1.07. The van der Waals surface area contributed by atoms with Crippen LogP contribution in [0.25, 0.3) is 6.20 Å². The molecule has 0 bridgehead atoms. The van der Waals surface area contributed by atoms with Gasteiger partial charge in [0.2, 0.25) is 0 Å². The van der Waals surface area contributed by atoms with Crippen molar-refractivity contribution in [2.24, 2.45) is 0 Å². The van der Waals surface area contributed by atoms with Crippen LogP contribution in [0.2, 0.25) is 0 Å². The second-order valence-electron chi connectivity index (χ2n) is 3.24. The van der Waals surface area contributed by atoms with Crippen LogP contribution in [-0.2, 0) is 6.42 Å². The summed E-state index contributed by atoms with van der Waals surface area (Å²) >= 11 is 0. The molecular weight excluding hydrogens is 160 g/mol. The van der Waals surface area contributed by atoms with Gasteiger partial charge in [0.25, 0.3) is 0 Å². The zero-order valence-corrected chi connectivity index (χ0v) is 8.37. The number of rotatable bonds is 6. The van der Waals surface area contributed by atoms with Gasteiger partial charge in [0.15, 0.2) is 0 Å². The normalized spacial score (nSPS) is 10.2. The van der Waals surface area contributed by atoms with Crippen LogP contribution < -0.4 is 0 Å². The molecule has 0 spiro atoms. The van der Waals surface area contributed by atoms with E-state index in [4.69, 9.17) is 0 Å². The molecule has 1 aromatic rings. The van der Waals surface area contributed by atoms with Gasteiger partial charge in [-0.1, -0.05) is 32.8 Å². The standard InChI is InChI=1S/C11H18N2/c1-3-5-6-7-8-11-12-9-10-13(11)4-2/h4,9-10H,2-3,5-8H2,1H3. The number of unbranched alkanes of at least 4 members (excludes halogenated alkanes) is 3. The fourth-order valence-electron chi connectivity index (χ4n) is 1.41. The summed E-state index contributed by atoms with van der Waals surface area (Å²) in [5, 5.41) is 0. The highest BCUT2D eigenvalue weighted by atomic mass is 15.0. The Morgan fingerprint density at radius 1 is 1.46 bits per heavy atom. The van der Waals surface area contributed by atoms with Crippen LogP contribution in [0.15, 0.2) is 19.0 Å². The third-order valence-corrected chi connectivity index (χ3v) is 2.20. The molecule has 72 valence electrons. The summed E-state index contributed by atoms with van der Waals surface area (Å²) in [6.45, 7) is 5.96. The van der Waals surface area contributed by atoms with Gasteiger partial charge in [-0.05, 0) is 6.42 Å². The summed E-state index contributed by atoms with van der Waals surface area (Å²) in [5.74, 6) is 1.13.